The highest BCUT2D eigenvalue weighted by atomic mass is 32.2. The number of hydrogen-bond donors (Lipinski definition) is 0. The van der Waals surface area contributed by atoms with E-state index >= 15 is 0 Å². The van der Waals surface area contributed by atoms with Crippen LogP contribution in [0.4, 0.5) is 0 Å². The lowest BCUT2D eigenvalue weighted by atomic mass is 10.1. The van der Waals surface area contributed by atoms with Gasteiger partial charge in [0.15, 0.2) is 4.34 Å². The SMILES string of the molecule is Cc1cc2ncn(Cc3ccc4nc(S(C)=O)sc4c3)c2cc1C. The zero-order valence-corrected chi connectivity index (χ0v) is 15.4. The molecule has 4 rings (SSSR count). The van der Waals surface area contributed by atoms with Gasteiger partial charge in [-0.15, -0.1) is 11.3 Å². The normalized spacial score (nSPS) is 13.0. The summed E-state index contributed by atoms with van der Waals surface area (Å²) in [4.78, 5) is 8.94. The van der Waals surface area contributed by atoms with Crippen molar-refractivity contribution in [2.75, 3.05) is 6.26 Å². The van der Waals surface area contributed by atoms with Crippen LogP contribution < -0.4 is 0 Å². The maximum absolute atomic E-state index is 11.6. The van der Waals surface area contributed by atoms with E-state index in [0.29, 0.717) is 4.34 Å². The molecular formula is C18H17N3OS2. The van der Waals surface area contributed by atoms with E-state index in [0.717, 1.165) is 27.8 Å². The Morgan fingerprint density at radius 2 is 1.92 bits per heavy atom. The Kier molecular flexibility index (Phi) is 3.73. The molecule has 0 aliphatic heterocycles. The van der Waals surface area contributed by atoms with Crippen LogP contribution in [0.15, 0.2) is 41.0 Å². The maximum atomic E-state index is 11.6. The summed E-state index contributed by atoms with van der Waals surface area (Å²) in [7, 11) is -1.03. The van der Waals surface area contributed by atoms with Gasteiger partial charge < -0.3 is 4.57 Å². The van der Waals surface area contributed by atoms with E-state index in [1.807, 2.05) is 12.4 Å². The van der Waals surface area contributed by atoms with Crippen molar-refractivity contribution in [3.05, 3.63) is 53.3 Å². The molecule has 24 heavy (non-hydrogen) atoms. The minimum Gasteiger partial charge on any atom is -0.326 e. The van der Waals surface area contributed by atoms with E-state index in [2.05, 4.69) is 52.6 Å². The highest BCUT2D eigenvalue weighted by molar-refractivity contribution is 7.86. The van der Waals surface area contributed by atoms with E-state index in [1.54, 1.807) is 6.26 Å². The third-order valence-corrected chi connectivity index (χ3v) is 6.62. The Bertz CT molecular complexity index is 1090. The lowest BCUT2D eigenvalue weighted by Crippen LogP contribution is -1.98. The average Bonchev–Trinajstić information content (AvgIpc) is 3.12. The predicted octanol–water partition coefficient (Wildman–Crippen LogP) is 4.05. The first-order chi connectivity index (χ1) is 11.5. The molecule has 0 amide bonds. The average molecular weight is 355 g/mol. The molecule has 0 bridgehead atoms. The quantitative estimate of drug-likeness (QED) is 0.557. The second-order valence-corrected chi connectivity index (χ2v) is 8.62. The number of aryl methyl sites for hydroxylation is 2. The van der Waals surface area contributed by atoms with Gasteiger partial charge in [0.1, 0.15) is 0 Å². The minimum atomic E-state index is -1.03. The number of thiazole rings is 1. The Morgan fingerprint density at radius 1 is 1.12 bits per heavy atom. The summed E-state index contributed by atoms with van der Waals surface area (Å²) in [6, 6.07) is 10.6. The van der Waals surface area contributed by atoms with Gasteiger partial charge in [0.2, 0.25) is 0 Å². The molecular weight excluding hydrogens is 338 g/mol. The monoisotopic (exact) mass is 355 g/mol. The van der Waals surface area contributed by atoms with E-state index in [9.17, 15) is 4.21 Å². The Hall–Kier alpha value is -2.05. The fraction of sp³-hybridized carbons (Fsp3) is 0.222. The molecule has 4 nitrogen and oxygen atoms in total. The lowest BCUT2D eigenvalue weighted by Gasteiger charge is -2.06. The van der Waals surface area contributed by atoms with Crippen LogP contribution in [0.25, 0.3) is 21.3 Å². The van der Waals surface area contributed by atoms with E-state index < -0.39 is 10.8 Å². The van der Waals surface area contributed by atoms with Crippen LogP contribution in [-0.2, 0) is 17.3 Å². The molecule has 0 spiro atoms. The first-order valence-corrected chi connectivity index (χ1v) is 10.0. The van der Waals surface area contributed by atoms with Crippen molar-refractivity contribution in [1.82, 2.24) is 14.5 Å². The molecule has 2 aromatic heterocycles. The highest BCUT2D eigenvalue weighted by Crippen LogP contribution is 2.26. The van der Waals surface area contributed by atoms with E-state index in [1.165, 1.54) is 28.0 Å². The van der Waals surface area contributed by atoms with Crippen molar-refractivity contribution in [1.29, 1.82) is 0 Å². The second kappa shape index (κ2) is 5.79. The van der Waals surface area contributed by atoms with Crippen molar-refractivity contribution in [3.8, 4) is 0 Å². The maximum Gasteiger partial charge on any atom is 0.181 e. The third-order valence-electron chi connectivity index (χ3n) is 4.27. The van der Waals surface area contributed by atoms with Crippen molar-refractivity contribution >= 4 is 43.4 Å². The molecule has 2 aromatic carbocycles. The van der Waals surface area contributed by atoms with Crippen LogP contribution in [0, 0.1) is 13.8 Å². The molecule has 1 unspecified atom stereocenters. The van der Waals surface area contributed by atoms with Gasteiger partial charge in [-0.1, -0.05) is 6.07 Å². The van der Waals surface area contributed by atoms with Crippen LogP contribution in [0.2, 0.25) is 0 Å². The Morgan fingerprint density at radius 3 is 2.71 bits per heavy atom. The van der Waals surface area contributed by atoms with Crippen LogP contribution in [0.1, 0.15) is 16.7 Å². The fourth-order valence-electron chi connectivity index (χ4n) is 2.81. The largest absolute Gasteiger partial charge is 0.326 e. The number of aromatic nitrogens is 3. The van der Waals surface area contributed by atoms with Gasteiger partial charge in [0, 0.05) is 12.8 Å². The number of hydrogen-bond acceptors (Lipinski definition) is 4. The van der Waals surface area contributed by atoms with Crippen molar-refractivity contribution in [3.63, 3.8) is 0 Å². The van der Waals surface area contributed by atoms with Gasteiger partial charge in [-0.05, 0) is 54.8 Å². The standard InChI is InChI=1S/C18H17N3OS2/c1-11-6-15-16(7-12(11)2)21(10-19-15)9-13-4-5-14-17(8-13)23-18(20-14)24(3)22/h4-8,10H,9H2,1-3H3. The van der Waals surface area contributed by atoms with E-state index in [-0.39, 0.29) is 0 Å². The molecule has 1 atom stereocenters. The van der Waals surface area contributed by atoms with Gasteiger partial charge in [0.05, 0.1) is 38.4 Å². The van der Waals surface area contributed by atoms with Crippen molar-refractivity contribution in [2.24, 2.45) is 0 Å². The summed E-state index contributed by atoms with van der Waals surface area (Å²) in [5, 5.41) is 0. The topological polar surface area (TPSA) is 47.8 Å². The molecule has 0 fully saturated rings. The Balaban J connectivity index is 1.73. The zero-order chi connectivity index (χ0) is 16.8. The molecule has 122 valence electrons. The van der Waals surface area contributed by atoms with E-state index in [4.69, 9.17) is 0 Å². The predicted molar refractivity (Wildman–Crippen MR) is 100 cm³/mol. The molecule has 0 saturated heterocycles. The summed E-state index contributed by atoms with van der Waals surface area (Å²) in [5.74, 6) is 0. The number of nitrogens with zero attached hydrogens (tertiary/aromatic N) is 3. The number of rotatable bonds is 3. The number of benzene rings is 2. The Labute approximate surface area is 146 Å². The third kappa shape index (κ3) is 2.65. The molecule has 6 heteroatoms. The van der Waals surface area contributed by atoms with Gasteiger partial charge in [0.25, 0.3) is 0 Å². The minimum absolute atomic E-state index is 0.682. The zero-order valence-electron chi connectivity index (χ0n) is 13.7. The lowest BCUT2D eigenvalue weighted by molar-refractivity contribution is 0.686. The van der Waals surface area contributed by atoms with Crippen molar-refractivity contribution < 1.29 is 4.21 Å². The number of imidazole rings is 1. The van der Waals surface area contributed by atoms with Gasteiger partial charge >= 0.3 is 0 Å². The number of fused-ring (bicyclic) bond motifs is 2. The molecule has 0 aliphatic rings. The summed E-state index contributed by atoms with van der Waals surface area (Å²) in [5.41, 5.74) is 6.82. The molecule has 0 radical (unpaired) electrons. The van der Waals surface area contributed by atoms with Crippen LogP contribution in [0.5, 0.6) is 0 Å². The fourth-order valence-corrected chi connectivity index (χ4v) is 4.53. The molecule has 0 N–H and O–H groups in total. The second-order valence-electron chi connectivity index (χ2n) is 6.03. The molecule has 0 saturated carbocycles. The van der Waals surface area contributed by atoms with Gasteiger partial charge in [-0.25, -0.2) is 9.97 Å². The van der Waals surface area contributed by atoms with Crippen LogP contribution in [-0.4, -0.2) is 25.0 Å². The highest BCUT2D eigenvalue weighted by Gasteiger charge is 2.09. The van der Waals surface area contributed by atoms with Crippen molar-refractivity contribution in [2.45, 2.75) is 24.7 Å². The summed E-state index contributed by atoms with van der Waals surface area (Å²) < 4.78 is 15.5. The molecule has 0 aliphatic carbocycles. The van der Waals surface area contributed by atoms with Crippen LogP contribution >= 0.6 is 11.3 Å². The molecule has 2 heterocycles. The first kappa shape index (κ1) is 15.5. The van der Waals surface area contributed by atoms with Crippen LogP contribution in [0.3, 0.4) is 0 Å². The summed E-state index contributed by atoms with van der Waals surface area (Å²) in [6.45, 7) is 5.00. The summed E-state index contributed by atoms with van der Waals surface area (Å²) in [6.07, 6.45) is 3.56. The smallest absolute Gasteiger partial charge is 0.181 e. The van der Waals surface area contributed by atoms with Gasteiger partial charge in [-0.2, -0.15) is 0 Å². The first-order valence-electron chi connectivity index (χ1n) is 7.66. The summed E-state index contributed by atoms with van der Waals surface area (Å²) >= 11 is 1.50. The molecule has 4 aromatic rings. The van der Waals surface area contributed by atoms with Gasteiger partial charge in [-0.3, -0.25) is 4.21 Å².